The Morgan fingerprint density at radius 3 is 3.00 bits per heavy atom. The molecule has 0 aliphatic rings. The molecule has 0 saturated carbocycles. The molecule has 0 radical (unpaired) electrons. The highest BCUT2D eigenvalue weighted by atomic mass is 19.1. The normalized spacial score (nSPS) is 10.8. The quantitative estimate of drug-likeness (QED) is 0.703. The molecular weight excluding hydrogens is 159 g/mol. The van der Waals surface area contributed by atoms with E-state index in [9.17, 15) is 4.39 Å². The topological polar surface area (TPSA) is 33.4 Å². The largest absolute Gasteiger partial charge is 0.466 e. The van der Waals surface area contributed by atoms with E-state index < -0.39 is 0 Å². The molecule has 1 aromatic heterocycles. The smallest absolute Gasteiger partial charge is 0.136 e. The van der Waals surface area contributed by atoms with Gasteiger partial charge in [0.2, 0.25) is 0 Å². The maximum atomic E-state index is 12.6. The van der Waals surface area contributed by atoms with E-state index in [1.165, 1.54) is 18.4 Å². The van der Waals surface area contributed by atoms with Gasteiger partial charge in [0.1, 0.15) is 18.2 Å². The Hall–Kier alpha value is -1.35. The van der Waals surface area contributed by atoms with Gasteiger partial charge in [0.05, 0.1) is 6.26 Å². The summed E-state index contributed by atoms with van der Waals surface area (Å²) in [6.07, 6.45) is 1.43. The molecule has 0 saturated heterocycles. The third kappa shape index (κ3) is 0.987. The van der Waals surface area contributed by atoms with Gasteiger partial charge in [-0.1, -0.05) is 0 Å². The van der Waals surface area contributed by atoms with E-state index in [-0.39, 0.29) is 12.4 Å². The first-order valence-electron chi connectivity index (χ1n) is 3.58. The number of furan rings is 1. The summed E-state index contributed by atoms with van der Waals surface area (Å²) in [4.78, 5) is 0. The third-order valence-electron chi connectivity index (χ3n) is 1.79. The predicted molar refractivity (Wildman–Crippen MR) is 42.1 cm³/mol. The van der Waals surface area contributed by atoms with Gasteiger partial charge in [-0.3, -0.25) is 0 Å². The molecule has 0 amide bonds. The highest BCUT2D eigenvalue weighted by Gasteiger charge is 2.04. The van der Waals surface area contributed by atoms with Crippen LogP contribution >= 0.6 is 0 Å². The van der Waals surface area contributed by atoms with Crippen LogP contribution in [0.15, 0.2) is 28.9 Å². The number of aliphatic hydroxyl groups excluding tert-OH is 1. The predicted octanol–water partition coefficient (Wildman–Crippen LogP) is 2.06. The summed E-state index contributed by atoms with van der Waals surface area (Å²) in [7, 11) is 0. The monoisotopic (exact) mass is 166 g/mol. The lowest BCUT2D eigenvalue weighted by atomic mass is 10.2. The average molecular weight is 166 g/mol. The fraction of sp³-hybridized carbons (Fsp3) is 0.111. The van der Waals surface area contributed by atoms with Gasteiger partial charge >= 0.3 is 0 Å². The van der Waals surface area contributed by atoms with E-state index in [1.807, 2.05) is 0 Å². The highest BCUT2D eigenvalue weighted by molar-refractivity contribution is 5.83. The number of aliphatic hydroxyl groups is 1. The molecule has 2 aromatic rings. The van der Waals surface area contributed by atoms with Gasteiger partial charge in [-0.25, -0.2) is 4.39 Å². The van der Waals surface area contributed by atoms with Crippen molar-refractivity contribution in [2.24, 2.45) is 0 Å². The standard InChI is InChI=1S/C9H7FO2/c10-7-1-2-8-6(3-7)5-12-9(8)4-11/h1-3,5,11H,4H2. The molecular formula is C9H7FO2. The second-order valence-corrected chi connectivity index (χ2v) is 2.55. The van der Waals surface area contributed by atoms with Gasteiger partial charge in [0.25, 0.3) is 0 Å². The molecule has 0 atom stereocenters. The summed E-state index contributed by atoms with van der Waals surface area (Å²) in [5, 5.41) is 10.2. The summed E-state index contributed by atoms with van der Waals surface area (Å²) >= 11 is 0. The van der Waals surface area contributed by atoms with Gasteiger partial charge in [0, 0.05) is 10.8 Å². The van der Waals surface area contributed by atoms with Gasteiger partial charge in [-0.2, -0.15) is 0 Å². The fourth-order valence-corrected chi connectivity index (χ4v) is 1.21. The van der Waals surface area contributed by atoms with E-state index in [4.69, 9.17) is 9.52 Å². The fourth-order valence-electron chi connectivity index (χ4n) is 1.21. The molecule has 1 N–H and O–H groups in total. The van der Waals surface area contributed by atoms with Crippen LogP contribution in [0.4, 0.5) is 4.39 Å². The lowest BCUT2D eigenvalue weighted by Gasteiger charge is -1.90. The van der Waals surface area contributed by atoms with Crippen molar-refractivity contribution in [1.82, 2.24) is 0 Å². The Labute approximate surface area is 68.2 Å². The Morgan fingerprint density at radius 2 is 2.25 bits per heavy atom. The minimum absolute atomic E-state index is 0.158. The number of fused-ring (bicyclic) bond motifs is 1. The molecule has 0 spiro atoms. The Bertz CT molecular complexity index is 406. The van der Waals surface area contributed by atoms with Crippen LogP contribution in [0.3, 0.4) is 0 Å². The Morgan fingerprint density at radius 1 is 1.42 bits per heavy atom. The molecule has 0 unspecified atom stereocenters. The molecule has 0 aliphatic carbocycles. The Balaban J connectivity index is 2.73. The summed E-state index contributed by atoms with van der Waals surface area (Å²) in [6, 6.07) is 4.31. The highest BCUT2D eigenvalue weighted by Crippen LogP contribution is 2.21. The van der Waals surface area contributed by atoms with Crippen molar-refractivity contribution in [3.8, 4) is 0 Å². The first-order chi connectivity index (χ1) is 5.81. The molecule has 0 bridgehead atoms. The van der Waals surface area contributed by atoms with E-state index in [0.29, 0.717) is 11.1 Å². The zero-order valence-electron chi connectivity index (χ0n) is 6.25. The summed E-state index contributed by atoms with van der Waals surface area (Å²) < 4.78 is 17.6. The Kier molecular flexibility index (Phi) is 1.59. The minimum Gasteiger partial charge on any atom is -0.466 e. The lowest BCUT2D eigenvalue weighted by Crippen LogP contribution is -1.78. The second kappa shape index (κ2) is 2.60. The van der Waals surface area contributed by atoms with Crippen LogP contribution in [0.2, 0.25) is 0 Å². The molecule has 3 heteroatoms. The molecule has 2 rings (SSSR count). The summed E-state index contributed by atoms with van der Waals surface area (Å²) in [6.45, 7) is -0.158. The van der Waals surface area contributed by atoms with Gasteiger partial charge < -0.3 is 9.52 Å². The maximum absolute atomic E-state index is 12.6. The van der Waals surface area contributed by atoms with Gasteiger partial charge in [-0.15, -0.1) is 0 Å². The van der Waals surface area contributed by atoms with Crippen molar-refractivity contribution in [2.75, 3.05) is 0 Å². The number of halogens is 1. The van der Waals surface area contributed by atoms with E-state index in [1.54, 1.807) is 6.07 Å². The summed E-state index contributed by atoms with van der Waals surface area (Å²) in [5.41, 5.74) is 0. The van der Waals surface area contributed by atoms with E-state index in [0.717, 1.165) is 5.39 Å². The van der Waals surface area contributed by atoms with E-state index in [2.05, 4.69) is 0 Å². The second-order valence-electron chi connectivity index (χ2n) is 2.55. The molecule has 2 nitrogen and oxygen atoms in total. The van der Waals surface area contributed by atoms with Crippen LogP contribution in [0, 0.1) is 5.82 Å². The first-order valence-corrected chi connectivity index (χ1v) is 3.58. The average Bonchev–Trinajstić information content (AvgIpc) is 2.46. The number of hydrogen-bond acceptors (Lipinski definition) is 2. The van der Waals surface area contributed by atoms with Crippen molar-refractivity contribution < 1.29 is 13.9 Å². The SMILES string of the molecule is OCc1occ2cc(F)ccc12. The number of benzene rings is 1. The van der Waals surface area contributed by atoms with Crippen LogP contribution in [-0.2, 0) is 6.61 Å². The van der Waals surface area contributed by atoms with Crippen LogP contribution in [0.1, 0.15) is 5.76 Å². The van der Waals surface area contributed by atoms with Crippen LogP contribution in [-0.4, -0.2) is 5.11 Å². The number of rotatable bonds is 1. The van der Waals surface area contributed by atoms with Crippen molar-refractivity contribution in [2.45, 2.75) is 6.61 Å². The molecule has 1 aromatic carbocycles. The lowest BCUT2D eigenvalue weighted by molar-refractivity contribution is 0.249. The summed E-state index contributed by atoms with van der Waals surface area (Å²) in [5.74, 6) is 0.179. The van der Waals surface area contributed by atoms with E-state index >= 15 is 0 Å². The molecule has 12 heavy (non-hydrogen) atoms. The van der Waals surface area contributed by atoms with Crippen molar-refractivity contribution in [3.05, 3.63) is 36.0 Å². The molecule has 0 fully saturated rings. The van der Waals surface area contributed by atoms with Crippen LogP contribution in [0.25, 0.3) is 10.8 Å². The number of hydrogen-bond donors (Lipinski definition) is 1. The third-order valence-corrected chi connectivity index (χ3v) is 1.79. The zero-order valence-corrected chi connectivity index (χ0v) is 6.25. The van der Waals surface area contributed by atoms with Gasteiger partial charge in [-0.05, 0) is 18.2 Å². The first kappa shape index (κ1) is 7.31. The van der Waals surface area contributed by atoms with Crippen molar-refractivity contribution >= 4 is 10.8 Å². The minimum atomic E-state index is -0.298. The van der Waals surface area contributed by atoms with Crippen molar-refractivity contribution in [1.29, 1.82) is 0 Å². The maximum Gasteiger partial charge on any atom is 0.136 e. The van der Waals surface area contributed by atoms with Gasteiger partial charge in [0.15, 0.2) is 0 Å². The zero-order chi connectivity index (χ0) is 8.55. The van der Waals surface area contributed by atoms with Crippen LogP contribution < -0.4 is 0 Å². The molecule has 1 heterocycles. The molecule has 62 valence electrons. The molecule has 0 aliphatic heterocycles. The van der Waals surface area contributed by atoms with Crippen LogP contribution in [0.5, 0.6) is 0 Å². The van der Waals surface area contributed by atoms with Crippen molar-refractivity contribution in [3.63, 3.8) is 0 Å².